The lowest BCUT2D eigenvalue weighted by atomic mass is 9.92. The molecule has 0 aromatic heterocycles. The Labute approximate surface area is 107 Å². The summed E-state index contributed by atoms with van der Waals surface area (Å²) in [6.45, 7) is 7.37. The van der Waals surface area contributed by atoms with Crippen LogP contribution in [0, 0.1) is 5.92 Å². The highest BCUT2D eigenvalue weighted by atomic mass is 15.2. The molecule has 1 N–H and O–H groups in total. The molecule has 0 aromatic rings. The molecule has 0 saturated carbocycles. The number of hydrogen-bond donors (Lipinski definition) is 1. The fourth-order valence-corrected chi connectivity index (χ4v) is 3.32. The van der Waals surface area contributed by atoms with Crippen LogP contribution in [0.2, 0.25) is 0 Å². The van der Waals surface area contributed by atoms with Gasteiger partial charge in [-0.15, -0.1) is 0 Å². The third-order valence-corrected chi connectivity index (χ3v) is 4.64. The van der Waals surface area contributed by atoms with E-state index in [2.05, 4.69) is 36.1 Å². The molecule has 3 atom stereocenters. The van der Waals surface area contributed by atoms with Crippen molar-refractivity contribution >= 4 is 0 Å². The molecule has 0 aliphatic carbocycles. The van der Waals surface area contributed by atoms with Gasteiger partial charge in [-0.25, -0.2) is 0 Å². The molecule has 2 aliphatic heterocycles. The Morgan fingerprint density at radius 3 is 2.82 bits per heavy atom. The van der Waals surface area contributed by atoms with Crippen molar-refractivity contribution in [2.75, 3.05) is 40.3 Å². The zero-order valence-corrected chi connectivity index (χ0v) is 11.8. The lowest BCUT2D eigenvalue weighted by Gasteiger charge is -2.40. The van der Waals surface area contributed by atoms with E-state index in [4.69, 9.17) is 0 Å². The fraction of sp³-hybridized carbons (Fsp3) is 1.00. The first kappa shape index (κ1) is 13.3. The number of nitrogens with zero attached hydrogens (tertiary/aromatic N) is 2. The molecule has 0 spiro atoms. The average molecular weight is 239 g/mol. The number of likely N-dealkylation sites (N-methyl/N-ethyl adjacent to an activating group) is 2. The lowest BCUT2D eigenvalue weighted by Crippen LogP contribution is -2.52. The third kappa shape index (κ3) is 3.67. The minimum Gasteiger partial charge on any atom is -0.312 e. The molecule has 2 fully saturated rings. The van der Waals surface area contributed by atoms with Crippen LogP contribution < -0.4 is 5.32 Å². The second-order valence-corrected chi connectivity index (χ2v) is 6.18. The molecule has 17 heavy (non-hydrogen) atoms. The molecule has 2 rings (SSSR count). The smallest absolute Gasteiger partial charge is 0.0221 e. The maximum atomic E-state index is 3.69. The number of likely N-dealkylation sites (tertiary alicyclic amines) is 1. The van der Waals surface area contributed by atoms with Crippen LogP contribution in [0.1, 0.15) is 32.6 Å². The van der Waals surface area contributed by atoms with Crippen LogP contribution in [0.4, 0.5) is 0 Å². The topological polar surface area (TPSA) is 18.5 Å². The maximum absolute atomic E-state index is 3.69. The van der Waals surface area contributed by atoms with E-state index < -0.39 is 0 Å². The van der Waals surface area contributed by atoms with E-state index in [0.29, 0.717) is 6.04 Å². The summed E-state index contributed by atoms with van der Waals surface area (Å²) >= 11 is 0. The van der Waals surface area contributed by atoms with Crippen LogP contribution in [0.3, 0.4) is 0 Å². The van der Waals surface area contributed by atoms with E-state index in [1.807, 2.05) is 0 Å². The van der Waals surface area contributed by atoms with Crippen LogP contribution in [0.5, 0.6) is 0 Å². The Balaban J connectivity index is 1.80. The van der Waals surface area contributed by atoms with Crippen LogP contribution in [-0.4, -0.2) is 62.2 Å². The van der Waals surface area contributed by atoms with E-state index >= 15 is 0 Å². The maximum Gasteiger partial charge on any atom is 0.0221 e. The summed E-state index contributed by atoms with van der Waals surface area (Å²) in [4.78, 5) is 5.07. The van der Waals surface area contributed by atoms with Gasteiger partial charge in [0.15, 0.2) is 0 Å². The van der Waals surface area contributed by atoms with Gasteiger partial charge in [-0.1, -0.05) is 6.92 Å². The second-order valence-electron chi connectivity index (χ2n) is 6.18. The summed E-state index contributed by atoms with van der Waals surface area (Å²) in [6.07, 6.45) is 5.49. The summed E-state index contributed by atoms with van der Waals surface area (Å²) in [7, 11) is 4.56. The Kier molecular flexibility index (Phi) is 4.83. The summed E-state index contributed by atoms with van der Waals surface area (Å²) in [5.74, 6) is 0.840. The van der Waals surface area contributed by atoms with Crippen molar-refractivity contribution in [3.05, 3.63) is 0 Å². The number of nitrogens with one attached hydrogen (secondary N) is 1. The normalized spacial score (nSPS) is 36.4. The zero-order valence-electron chi connectivity index (χ0n) is 11.8. The summed E-state index contributed by atoms with van der Waals surface area (Å²) in [6, 6.07) is 1.48. The Morgan fingerprint density at radius 2 is 2.12 bits per heavy atom. The highest BCUT2D eigenvalue weighted by Crippen LogP contribution is 2.19. The lowest BCUT2D eigenvalue weighted by molar-refractivity contribution is 0.111. The molecule has 3 heteroatoms. The van der Waals surface area contributed by atoms with E-state index in [0.717, 1.165) is 12.0 Å². The molecule has 0 radical (unpaired) electrons. The number of rotatable bonds is 3. The number of piperidine rings is 2. The standard InChI is InChI=1S/C14H29N3/c1-12-6-4-8-15-14(12)11-17(3)13-7-5-9-16(2)10-13/h12-15H,4-11H2,1-3H3. The molecule has 100 valence electrons. The highest BCUT2D eigenvalue weighted by molar-refractivity contribution is 4.84. The minimum atomic E-state index is 0.709. The molecule has 0 amide bonds. The van der Waals surface area contributed by atoms with E-state index in [1.165, 1.54) is 51.9 Å². The Hall–Kier alpha value is -0.120. The van der Waals surface area contributed by atoms with Crippen molar-refractivity contribution < 1.29 is 0 Å². The van der Waals surface area contributed by atoms with E-state index in [1.54, 1.807) is 0 Å². The fourth-order valence-electron chi connectivity index (χ4n) is 3.32. The van der Waals surface area contributed by atoms with Crippen LogP contribution in [-0.2, 0) is 0 Å². The monoisotopic (exact) mass is 239 g/mol. The van der Waals surface area contributed by atoms with Gasteiger partial charge in [0, 0.05) is 25.2 Å². The number of hydrogen-bond acceptors (Lipinski definition) is 3. The first-order valence-electron chi connectivity index (χ1n) is 7.29. The van der Waals surface area contributed by atoms with Crippen molar-refractivity contribution in [2.45, 2.75) is 44.7 Å². The molecule has 2 aliphatic rings. The molecule has 3 unspecified atom stereocenters. The van der Waals surface area contributed by atoms with E-state index in [9.17, 15) is 0 Å². The van der Waals surface area contributed by atoms with Crippen molar-refractivity contribution in [3.63, 3.8) is 0 Å². The first-order valence-corrected chi connectivity index (χ1v) is 7.29. The van der Waals surface area contributed by atoms with Crippen LogP contribution in [0.15, 0.2) is 0 Å². The molecule has 2 saturated heterocycles. The predicted molar refractivity (Wildman–Crippen MR) is 73.3 cm³/mol. The highest BCUT2D eigenvalue weighted by Gasteiger charge is 2.26. The molecular weight excluding hydrogens is 210 g/mol. The molecule has 3 nitrogen and oxygen atoms in total. The molecule has 2 heterocycles. The van der Waals surface area contributed by atoms with Gasteiger partial charge in [0.2, 0.25) is 0 Å². The second kappa shape index (κ2) is 6.17. The summed E-state index contributed by atoms with van der Waals surface area (Å²) in [5.41, 5.74) is 0. The van der Waals surface area contributed by atoms with Crippen molar-refractivity contribution in [1.29, 1.82) is 0 Å². The van der Waals surface area contributed by atoms with Gasteiger partial charge in [0.25, 0.3) is 0 Å². The van der Waals surface area contributed by atoms with Crippen LogP contribution >= 0.6 is 0 Å². The average Bonchev–Trinajstić information content (AvgIpc) is 2.32. The van der Waals surface area contributed by atoms with Gasteiger partial charge >= 0.3 is 0 Å². The largest absolute Gasteiger partial charge is 0.312 e. The van der Waals surface area contributed by atoms with Crippen molar-refractivity contribution in [1.82, 2.24) is 15.1 Å². The van der Waals surface area contributed by atoms with Gasteiger partial charge in [-0.2, -0.15) is 0 Å². The molecule has 0 bridgehead atoms. The van der Waals surface area contributed by atoms with Gasteiger partial charge in [-0.05, 0) is 58.8 Å². The predicted octanol–water partition coefficient (Wildman–Crippen LogP) is 1.40. The Morgan fingerprint density at radius 1 is 1.29 bits per heavy atom. The summed E-state index contributed by atoms with van der Waals surface area (Å²) in [5, 5.41) is 3.69. The quantitative estimate of drug-likeness (QED) is 0.803. The Bertz CT molecular complexity index is 232. The SMILES string of the molecule is CC1CCCNC1CN(C)C1CCCN(C)C1. The van der Waals surface area contributed by atoms with Crippen molar-refractivity contribution in [2.24, 2.45) is 5.92 Å². The van der Waals surface area contributed by atoms with E-state index in [-0.39, 0.29) is 0 Å². The molecular formula is C14H29N3. The molecule has 0 aromatic carbocycles. The van der Waals surface area contributed by atoms with Gasteiger partial charge in [0.05, 0.1) is 0 Å². The van der Waals surface area contributed by atoms with Gasteiger partial charge in [-0.3, -0.25) is 0 Å². The zero-order chi connectivity index (χ0) is 12.3. The summed E-state index contributed by atoms with van der Waals surface area (Å²) < 4.78 is 0. The van der Waals surface area contributed by atoms with Crippen molar-refractivity contribution in [3.8, 4) is 0 Å². The van der Waals surface area contributed by atoms with Crippen LogP contribution in [0.25, 0.3) is 0 Å². The van der Waals surface area contributed by atoms with Gasteiger partial charge < -0.3 is 15.1 Å². The third-order valence-electron chi connectivity index (χ3n) is 4.64. The minimum absolute atomic E-state index is 0.709. The first-order chi connectivity index (χ1) is 8.16. The van der Waals surface area contributed by atoms with Gasteiger partial charge in [0.1, 0.15) is 0 Å².